The standard InChI is InChI=1S/C22H21N3O2S/c1-4-14-6-5-7-18-15(13-23-20(14)18)12-19-21(26)25(2)22(28-19)24-16-8-10-17(27-3)11-9-16/h5-13,26H,4H2,1-3H3. The van der Waals surface area contributed by atoms with Crippen LogP contribution in [-0.2, 0) is 13.5 Å². The van der Waals surface area contributed by atoms with Gasteiger partial charge in [0.1, 0.15) is 5.75 Å². The maximum atomic E-state index is 10.6. The summed E-state index contributed by atoms with van der Waals surface area (Å²) < 4.78 is 6.87. The summed E-state index contributed by atoms with van der Waals surface area (Å²) in [7, 11) is 3.44. The number of thiazole rings is 1. The number of aliphatic imine (C=N–C) groups is 1. The van der Waals surface area contributed by atoms with E-state index in [1.165, 1.54) is 16.9 Å². The van der Waals surface area contributed by atoms with Crippen LogP contribution in [0.2, 0.25) is 0 Å². The molecule has 0 unspecified atom stereocenters. The normalized spacial score (nSPS) is 14.7. The number of benzene rings is 2. The Labute approximate surface area is 167 Å². The number of hydrogen-bond donors (Lipinski definition) is 1. The molecule has 0 radical (unpaired) electrons. The molecule has 1 aliphatic heterocycles. The summed E-state index contributed by atoms with van der Waals surface area (Å²) in [5.74, 6) is 0.978. The number of methoxy groups -OCH3 is 1. The Morgan fingerprint density at radius 1 is 1.21 bits per heavy atom. The van der Waals surface area contributed by atoms with Gasteiger partial charge >= 0.3 is 0 Å². The fourth-order valence-corrected chi connectivity index (χ4v) is 4.13. The second-order valence-corrected chi connectivity index (χ2v) is 7.48. The molecule has 1 N–H and O–H groups in total. The maximum absolute atomic E-state index is 10.6. The number of hydrogen-bond acceptors (Lipinski definition) is 5. The molecule has 0 saturated heterocycles. The van der Waals surface area contributed by atoms with Crippen LogP contribution in [-0.4, -0.2) is 23.0 Å². The summed E-state index contributed by atoms with van der Waals surface area (Å²) in [6.45, 7) is 2.13. The molecule has 1 aliphatic rings. The lowest BCUT2D eigenvalue weighted by atomic mass is 10.0. The Morgan fingerprint density at radius 2 is 2.00 bits per heavy atom. The van der Waals surface area contributed by atoms with Gasteiger partial charge < -0.3 is 9.84 Å². The van der Waals surface area contributed by atoms with Crippen LogP contribution in [0, 0.1) is 0 Å². The van der Waals surface area contributed by atoms with Gasteiger partial charge in [0.05, 0.1) is 23.4 Å². The minimum absolute atomic E-state index is 0.193. The lowest BCUT2D eigenvalue weighted by molar-refractivity contribution is 0.415. The fraction of sp³-hybridized carbons (Fsp3) is 0.182. The summed E-state index contributed by atoms with van der Waals surface area (Å²) in [4.78, 5) is 10.7. The Hall–Kier alpha value is -3.12. The zero-order chi connectivity index (χ0) is 19.7. The molecular weight excluding hydrogens is 370 g/mol. The van der Waals surface area contributed by atoms with Crippen molar-refractivity contribution in [3.63, 3.8) is 0 Å². The van der Waals surface area contributed by atoms with Gasteiger partial charge in [0.2, 0.25) is 5.88 Å². The van der Waals surface area contributed by atoms with E-state index in [1.54, 1.807) is 11.7 Å². The van der Waals surface area contributed by atoms with Crippen molar-refractivity contribution < 1.29 is 9.84 Å². The van der Waals surface area contributed by atoms with Crippen molar-refractivity contribution >= 4 is 40.6 Å². The van der Waals surface area contributed by atoms with Gasteiger partial charge in [0, 0.05) is 24.4 Å². The second-order valence-electron chi connectivity index (χ2n) is 6.47. The first kappa shape index (κ1) is 18.3. The zero-order valence-electron chi connectivity index (χ0n) is 16.0. The Kier molecular flexibility index (Phi) is 4.88. The highest BCUT2D eigenvalue weighted by atomic mass is 32.1. The van der Waals surface area contributed by atoms with Crippen molar-refractivity contribution in [3.8, 4) is 11.6 Å². The average molecular weight is 391 g/mol. The summed E-state index contributed by atoms with van der Waals surface area (Å²) in [5.41, 5.74) is 5.16. The highest BCUT2D eigenvalue weighted by Gasteiger charge is 2.17. The van der Waals surface area contributed by atoms with E-state index in [2.05, 4.69) is 35.1 Å². The molecule has 142 valence electrons. The third-order valence-electron chi connectivity index (χ3n) is 4.75. The van der Waals surface area contributed by atoms with Gasteiger partial charge in [-0.25, -0.2) is 4.99 Å². The monoisotopic (exact) mass is 391 g/mol. The van der Waals surface area contributed by atoms with Gasteiger partial charge in [-0.05, 0) is 42.3 Å². The van der Waals surface area contributed by atoms with Gasteiger partial charge in [0.15, 0.2) is 4.80 Å². The average Bonchev–Trinajstić information content (AvgIpc) is 3.25. The van der Waals surface area contributed by atoms with Gasteiger partial charge in [-0.1, -0.05) is 36.5 Å². The van der Waals surface area contributed by atoms with Crippen molar-refractivity contribution in [1.82, 2.24) is 4.57 Å². The third-order valence-corrected chi connectivity index (χ3v) is 5.82. The molecule has 3 aromatic rings. The highest BCUT2D eigenvalue weighted by Crippen LogP contribution is 2.37. The van der Waals surface area contributed by atoms with Crippen LogP contribution >= 0.6 is 11.3 Å². The molecule has 0 amide bonds. The number of fused-ring (bicyclic) bond motifs is 1. The Bertz CT molecular complexity index is 1150. The number of para-hydroxylation sites is 1. The lowest BCUT2D eigenvalue weighted by Gasteiger charge is -2.04. The molecular formula is C22H21N3O2S. The van der Waals surface area contributed by atoms with Crippen molar-refractivity contribution in [2.75, 3.05) is 7.11 Å². The maximum Gasteiger partial charge on any atom is 0.210 e. The molecule has 2 heterocycles. The molecule has 0 atom stereocenters. The van der Waals surface area contributed by atoms with Crippen LogP contribution in [0.25, 0.3) is 11.6 Å². The first-order chi connectivity index (χ1) is 13.6. The molecule has 6 heteroatoms. The van der Waals surface area contributed by atoms with Gasteiger partial charge in [-0.3, -0.25) is 9.56 Å². The molecule has 2 aromatic carbocycles. The van der Waals surface area contributed by atoms with Crippen LogP contribution in [0.1, 0.15) is 22.9 Å². The molecule has 4 rings (SSSR count). The van der Waals surface area contributed by atoms with E-state index in [4.69, 9.17) is 4.74 Å². The van der Waals surface area contributed by atoms with E-state index in [0.717, 1.165) is 39.6 Å². The van der Waals surface area contributed by atoms with Crippen LogP contribution in [0.4, 0.5) is 11.4 Å². The number of aryl methyl sites for hydroxylation is 1. The molecule has 5 nitrogen and oxygen atoms in total. The molecule has 0 saturated carbocycles. The van der Waals surface area contributed by atoms with E-state index in [9.17, 15) is 5.11 Å². The quantitative estimate of drug-likeness (QED) is 0.691. The number of allylic oxidation sites excluding steroid dienone is 1. The molecule has 1 aromatic heterocycles. The SMILES string of the molecule is CCc1cccc2c1N=CC2=Cc1sc(=Nc2ccc(OC)cc2)n(C)c1O. The molecule has 0 fully saturated rings. The summed E-state index contributed by atoms with van der Waals surface area (Å²) >= 11 is 1.44. The number of rotatable bonds is 4. The molecule has 28 heavy (non-hydrogen) atoms. The minimum Gasteiger partial charge on any atom is -0.497 e. The molecule has 0 bridgehead atoms. The van der Waals surface area contributed by atoms with E-state index in [0.29, 0.717) is 4.80 Å². The van der Waals surface area contributed by atoms with Crippen molar-refractivity contribution in [2.24, 2.45) is 17.0 Å². The zero-order valence-corrected chi connectivity index (χ0v) is 16.8. The Morgan fingerprint density at radius 3 is 2.71 bits per heavy atom. The van der Waals surface area contributed by atoms with Crippen molar-refractivity contribution in [1.29, 1.82) is 0 Å². The first-order valence-electron chi connectivity index (χ1n) is 9.06. The largest absolute Gasteiger partial charge is 0.497 e. The highest BCUT2D eigenvalue weighted by molar-refractivity contribution is 7.10. The number of ether oxygens (including phenoxy) is 1. The molecule has 0 aliphatic carbocycles. The lowest BCUT2D eigenvalue weighted by Crippen LogP contribution is -2.08. The summed E-state index contributed by atoms with van der Waals surface area (Å²) in [6, 6.07) is 13.7. The van der Waals surface area contributed by atoms with E-state index in [1.807, 2.05) is 43.6 Å². The summed E-state index contributed by atoms with van der Waals surface area (Å²) in [5, 5.41) is 10.6. The second kappa shape index (κ2) is 7.48. The van der Waals surface area contributed by atoms with Crippen LogP contribution < -0.4 is 9.54 Å². The third kappa shape index (κ3) is 3.27. The smallest absolute Gasteiger partial charge is 0.210 e. The predicted molar refractivity (Wildman–Crippen MR) is 115 cm³/mol. The van der Waals surface area contributed by atoms with E-state index < -0.39 is 0 Å². The summed E-state index contributed by atoms with van der Waals surface area (Å²) in [6.07, 6.45) is 4.78. The molecule has 0 spiro atoms. The van der Waals surface area contributed by atoms with Crippen LogP contribution in [0.3, 0.4) is 0 Å². The van der Waals surface area contributed by atoms with Crippen molar-refractivity contribution in [2.45, 2.75) is 13.3 Å². The van der Waals surface area contributed by atoms with Crippen LogP contribution in [0.5, 0.6) is 11.6 Å². The minimum atomic E-state index is 0.193. The predicted octanol–water partition coefficient (Wildman–Crippen LogP) is 4.85. The number of nitrogens with zero attached hydrogens (tertiary/aromatic N) is 3. The van der Waals surface area contributed by atoms with Crippen molar-refractivity contribution in [3.05, 3.63) is 63.3 Å². The number of aromatic nitrogens is 1. The Balaban J connectivity index is 1.74. The fourth-order valence-electron chi connectivity index (χ4n) is 3.15. The topological polar surface area (TPSA) is 59.1 Å². The van der Waals surface area contributed by atoms with E-state index >= 15 is 0 Å². The first-order valence-corrected chi connectivity index (χ1v) is 9.88. The van der Waals surface area contributed by atoms with Gasteiger partial charge in [0.25, 0.3) is 0 Å². The number of aromatic hydroxyl groups is 1. The van der Waals surface area contributed by atoms with Crippen LogP contribution in [0.15, 0.2) is 52.4 Å². The van der Waals surface area contributed by atoms with Gasteiger partial charge in [-0.15, -0.1) is 0 Å². The van der Waals surface area contributed by atoms with Gasteiger partial charge in [-0.2, -0.15) is 0 Å². The van der Waals surface area contributed by atoms with E-state index in [-0.39, 0.29) is 5.88 Å².